The minimum Gasteiger partial charge on any atom is -0.397 e. The lowest BCUT2D eigenvalue weighted by atomic mass is 9.93. The zero-order valence-corrected chi connectivity index (χ0v) is 12.0. The molecule has 0 saturated carbocycles. The van der Waals surface area contributed by atoms with Gasteiger partial charge in [-0.3, -0.25) is 9.69 Å². The highest BCUT2D eigenvalue weighted by Crippen LogP contribution is 2.28. The molecule has 0 aromatic heterocycles. The Morgan fingerprint density at radius 3 is 2.79 bits per heavy atom. The van der Waals surface area contributed by atoms with E-state index in [0.717, 1.165) is 25.1 Å². The second-order valence-electron chi connectivity index (χ2n) is 6.26. The van der Waals surface area contributed by atoms with E-state index in [-0.39, 0.29) is 5.91 Å². The van der Waals surface area contributed by atoms with Crippen LogP contribution in [0.3, 0.4) is 0 Å². The molecule has 19 heavy (non-hydrogen) atoms. The van der Waals surface area contributed by atoms with Gasteiger partial charge in [0.05, 0.1) is 17.9 Å². The first-order valence-electron chi connectivity index (χ1n) is 6.74. The second-order valence-corrected chi connectivity index (χ2v) is 6.26. The molecule has 0 bridgehead atoms. The summed E-state index contributed by atoms with van der Waals surface area (Å²) in [5, 5.41) is 2.89. The van der Waals surface area contributed by atoms with Gasteiger partial charge >= 0.3 is 0 Å². The van der Waals surface area contributed by atoms with E-state index >= 15 is 0 Å². The van der Waals surface area contributed by atoms with Gasteiger partial charge in [-0.05, 0) is 43.0 Å². The molecule has 1 fully saturated rings. The number of carbonyl (C=O) groups is 1. The van der Waals surface area contributed by atoms with Crippen molar-refractivity contribution in [3.05, 3.63) is 23.8 Å². The largest absolute Gasteiger partial charge is 0.397 e. The van der Waals surface area contributed by atoms with Gasteiger partial charge in [0.1, 0.15) is 0 Å². The lowest BCUT2D eigenvalue weighted by molar-refractivity contribution is -0.117. The molecule has 0 radical (unpaired) electrons. The Hall–Kier alpha value is -1.55. The highest BCUT2D eigenvalue weighted by atomic mass is 16.2. The number of likely N-dealkylation sites (tertiary alicyclic amines) is 1. The molecule has 104 valence electrons. The van der Waals surface area contributed by atoms with E-state index in [2.05, 4.69) is 24.1 Å². The number of nitrogens with two attached hydrogens (primary N) is 1. The Kier molecular flexibility index (Phi) is 3.80. The van der Waals surface area contributed by atoms with E-state index in [1.54, 1.807) is 0 Å². The van der Waals surface area contributed by atoms with Gasteiger partial charge in [-0.25, -0.2) is 0 Å². The molecule has 1 aliphatic rings. The third-order valence-electron chi connectivity index (χ3n) is 3.60. The maximum Gasteiger partial charge on any atom is 0.238 e. The summed E-state index contributed by atoms with van der Waals surface area (Å²) in [7, 11) is 0. The van der Waals surface area contributed by atoms with Gasteiger partial charge in [0.15, 0.2) is 0 Å². The van der Waals surface area contributed by atoms with Crippen LogP contribution in [-0.2, 0) is 4.79 Å². The highest BCUT2D eigenvalue weighted by Gasteiger charge is 2.29. The van der Waals surface area contributed by atoms with E-state index in [0.29, 0.717) is 23.3 Å². The summed E-state index contributed by atoms with van der Waals surface area (Å²) in [6.07, 6.45) is 1.15. The zero-order chi connectivity index (χ0) is 14.0. The van der Waals surface area contributed by atoms with Crippen LogP contribution in [0.15, 0.2) is 18.2 Å². The Morgan fingerprint density at radius 2 is 2.21 bits per heavy atom. The molecule has 0 spiro atoms. The van der Waals surface area contributed by atoms with E-state index in [1.165, 1.54) is 0 Å². The van der Waals surface area contributed by atoms with Crippen molar-refractivity contribution >= 4 is 17.3 Å². The van der Waals surface area contributed by atoms with Crippen molar-refractivity contribution < 1.29 is 4.79 Å². The molecular formula is C15H23N3O. The van der Waals surface area contributed by atoms with Gasteiger partial charge in [-0.2, -0.15) is 0 Å². The maximum absolute atomic E-state index is 12.0. The zero-order valence-electron chi connectivity index (χ0n) is 12.0. The topological polar surface area (TPSA) is 58.4 Å². The summed E-state index contributed by atoms with van der Waals surface area (Å²) in [6, 6.07) is 5.68. The van der Waals surface area contributed by atoms with Crippen molar-refractivity contribution in [2.24, 2.45) is 5.41 Å². The normalized spacial score (nSPS) is 18.5. The van der Waals surface area contributed by atoms with Crippen molar-refractivity contribution in [3.63, 3.8) is 0 Å². The predicted octanol–water partition coefficient (Wildman–Crippen LogP) is 2.25. The number of nitrogen functional groups attached to an aromatic ring is 1. The van der Waals surface area contributed by atoms with Crippen LogP contribution >= 0.6 is 0 Å². The first kappa shape index (κ1) is 13.9. The van der Waals surface area contributed by atoms with Crippen LogP contribution in [0.1, 0.15) is 25.8 Å². The Bertz CT molecular complexity index is 482. The number of hydrogen-bond acceptors (Lipinski definition) is 3. The number of nitrogens with one attached hydrogen (secondary N) is 1. The number of rotatable bonds is 3. The minimum absolute atomic E-state index is 0.00764. The number of aryl methyl sites for hydroxylation is 1. The molecule has 4 heteroatoms. The summed E-state index contributed by atoms with van der Waals surface area (Å²) in [4.78, 5) is 14.2. The van der Waals surface area contributed by atoms with Crippen LogP contribution in [0, 0.1) is 12.3 Å². The number of carbonyl (C=O) groups excluding carboxylic acids is 1. The Morgan fingerprint density at radius 1 is 1.47 bits per heavy atom. The van der Waals surface area contributed by atoms with E-state index in [9.17, 15) is 4.79 Å². The average Bonchev–Trinajstić information content (AvgIpc) is 2.62. The molecule has 1 aliphatic heterocycles. The summed E-state index contributed by atoms with van der Waals surface area (Å²) >= 11 is 0. The lowest BCUT2D eigenvalue weighted by Crippen LogP contribution is -2.32. The second kappa shape index (κ2) is 5.21. The van der Waals surface area contributed by atoms with Crippen LogP contribution in [0.4, 0.5) is 11.4 Å². The van der Waals surface area contributed by atoms with Crippen LogP contribution in [-0.4, -0.2) is 30.4 Å². The van der Waals surface area contributed by atoms with Gasteiger partial charge in [-0.15, -0.1) is 0 Å². The van der Waals surface area contributed by atoms with Crippen LogP contribution in [0.2, 0.25) is 0 Å². The SMILES string of the molecule is Cc1ccc(NC(=O)CN2CCC(C)(C)C2)c(N)c1. The van der Waals surface area contributed by atoms with E-state index < -0.39 is 0 Å². The van der Waals surface area contributed by atoms with E-state index in [4.69, 9.17) is 5.73 Å². The number of nitrogens with zero attached hydrogens (tertiary/aromatic N) is 1. The fourth-order valence-electron chi connectivity index (χ4n) is 2.55. The predicted molar refractivity (Wildman–Crippen MR) is 79.1 cm³/mol. The Balaban J connectivity index is 1.91. The smallest absolute Gasteiger partial charge is 0.238 e. The third-order valence-corrected chi connectivity index (χ3v) is 3.60. The third kappa shape index (κ3) is 3.70. The van der Waals surface area contributed by atoms with Gasteiger partial charge in [0.25, 0.3) is 0 Å². The number of anilines is 2. The molecule has 1 heterocycles. The standard InChI is InChI=1S/C15H23N3O/c1-11-4-5-13(12(16)8-11)17-14(19)9-18-7-6-15(2,3)10-18/h4-5,8H,6-7,9-10,16H2,1-3H3,(H,17,19). The minimum atomic E-state index is 0.00764. The molecule has 4 nitrogen and oxygen atoms in total. The highest BCUT2D eigenvalue weighted by molar-refractivity contribution is 5.95. The first-order chi connectivity index (χ1) is 8.85. The molecule has 1 amide bonds. The molecule has 3 N–H and O–H groups in total. The van der Waals surface area contributed by atoms with Crippen LogP contribution in [0.5, 0.6) is 0 Å². The fourth-order valence-corrected chi connectivity index (χ4v) is 2.55. The number of benzene rings is 1. The molecule has 0 atom stereocenters. The summed E-state index contributed by atoms with van der Waals surface area (Å²) in [6.45, 7) is 8.87. The van der Waals surface area contributed by atoms with Gasteiger partial charge < -0.3 is 11.1 Å². The van der Waals surface area contributed by atoms with Crippen LogP contribution in [0.25, 0.3) is 0 Å². The maximum atomic E-state index is 12.0. The average molecular weight is 261 g/mol. The summed E-state index contributed by atoms with van der Waals surface area (Å²) in [5.41, 5.74) is 8.63. The Labute approximate surface area is 115 Å². The molecule has 1 saturated heterocycles. The van der Waals surface area contributed by atoms with Crippen LogP contribution < -0.4 is 11.1 Å². The molecule has 1 aromatic rings. The molecular weight excluding hydrogens is 238 g/mol. The van der Waals surface area contributed by atoms with Crippen molar-refractivity contribution in [2.45, 2.75) is 27.2 Å². The van der Waals surface area contributed by atoms with Crippen molar-refractivity contribution in [1.29, 1.82) is 0 Å². The first-order valence-corrected chi connectivity index (χ1v) is 6.74. The van der Waals surface area contributed by atoms with Gasteiger partial charge in [0, 0.05) is 6.54 Å². The lowest BCUT2D eigenvalue weighted by Gasteiger charge is -2.19. The number of hydrogen-bond donors (Lipinski definition) is 2. The molecule has 0 aliphatic carbocycles. The summed E-state index contributed by atoms with van der Waals surface area (Å²) < 4.78 is 0. The number of amides is 1. The monoisotopic (exact) mass is 261 g/mol. The summed E-state index contributed by atoms with van der Waals surface area (Å²) in [5.74, 6) is 0.00764. The quantitative estimate of drug-likeness (QED) is 0.820. The van der Waals surface area contributed by atoms with Gasteiger partial charge in [-0.1, -0.05) is 19.9 Å². The molecule has 0 unspecified atom stereocenters. The van der Waals surface area contributed by atoms with Gasteiger partial charge in [0.2, 0.25) is 5.91 Å². The van der Waals surface area contributed by atoms with Crippen molar-refractivity contribution in [3.8, 4) is 0 Å². The fraction of sp³-hybridized carbons (Fsp3) is 0.533. The molecule has 2 rings (SSSR count). The van der Waals surface area contributed by atoms with E-state index in [1.807, 2.05) is 25.1 Å². The van der Waals surface area contributed by atoms with Crippen molar-refractivity contribution in [1.82, 2.24) is 4.90 Å². The molecule has 1 aromatic carbocycles. The van der Waals surface area contributed by atoms with Crippen molar-refractivity contribution in [2.75, 3.05) is 30.7 Å².